The van der Waals surface area contributed by atoms with Gasteiger partial charge < -0.3 is 10.1 Å². The highest BCUT2D eigenvalue weighted by molar-refractivity contribution is 9.10. The van der Waals surface area contributed by atoms with Crippen LogP contribution in [0.1, 0.15) is 12.5 Å². The van der Waals surface area contributed by atoms with Crippen LogP contribution < -0.4 is 5.32 Å². The predicted molar refractivity (Wildman–Crippen MR) is 93.7 cm³/mol. The molecular weight excluding hydrogens is 396 g/mol. The fourth-order valence-corrected chi connectivity index (χ4v) is 2.26. The Hall–Kier alpha value is -2.54. The first kappa shape index (κ1) is 18.8. The fourth-order valence-electron chi connectivity index (χ4n) is 1.88. The molecule has 0 aliphatic carbocycles. The van der Waals surface area contributed by atoms with Crippen LogP contribution in [0.3, 0.4) is 0 Å². The zero-order valence-electron chi connectivity index (χ0n) is 13.1. The van der Waals surface area contributed by atoms with E-state index >= 15 is 0 Å². The lowest BCUT2D eigenvalue weighted by atomic mass is 10.2. The van der Waals surface area contributed by atoms with Gasteiger partial charge in [-0.15, -0.1) is 0 Å². The van der Waals surface area contributed by atoms with Crippen LogP contribution in [0.2, 0.25) is 0 Å². The van der Waals surface area contributed by atoms with Crippen LogP contribution in [0, 0.1) is 11.6 Å². The normalized spacial score (nSPS) is 12.0. The summed E-state index contributed by atoms with van der Waals surface area (Å²) < 4.78 is 32.2. The molecule has 0 aliphatic rings. The maximum absolute atomic E-state index is 13.6. The minimum absolute atomic E-state index is 0.197. The van der Waals surface area contributed by atoms with E-state index in [4.69, 9.17) is 4.74 Å². The first-order valence-electron chi connectivity index (χ1n) is 7.25. The fraction of sp³-hybridized carbons (Fsp3) is 0.111. The standard InChI is InChI=1S/C18H14BrF2NO3/c1-11(18(24)22-15-4-2-3-14(20)10-15)25-17(23)8-5-12-9-13(19)6-7-16(12)21/h2-11H,1H3,(H,22,24)/b8-5+/t11-/m0/s1. The van der Waals surface area contributed by atoms with E-state index in [2.05, 4.69) is 21.2 Å². The number of rotatable bonds is 5. The van der Waals surface area contributed by atoms with Gasteiger partial charge in [0.25, 0.3) is 5.91 Å². The molecule has 0 saturated carbocycles. The Kier molecular flexibility index (Phi) is 6.41. The maximum Gasteiger partial charge on any atom is 0.331 e. The van der Waals surface area contributed by atoms with Crippen molar-refractivity contribution in [3.05, 3.63) is 70.2 Å². The van der Waals surface area contributed by atoms with Crippen molar-refractivity contribution >= 4 is 39.6 Å². The molecule has 2 rings (SSSR count). The van der Waals surface area contributed by atoms with Crippen molar-refractivity contribution in [3.8, 4) is 0 Å². The summed E-state index contributed by atoms with van der Waals surface area (Å²) in [6.07, 6.45) is 1.17. The Bertz CT molecular complexity index is 824. The van der Waals surface area contributed by atoms with Crippen molar-refractivity contribution in [1.82, 2.24) is 0 Å². The maximum atomic E-state index is 13.6. The van der Waals surface area contributed by atoms with Gasteiger partial charge >= 0.3 is 5.97 Å². The minimum Gasteiger partial charge on any atom is -0.449 e. The molecule has 0 spiro atoms. The third-order valence-corrected chi connectivity index (χ3v) is 3.60. The smallest absolute Gasteiger partial charge is 0.331 e. The van der Waals surface area contributed by atoms with Crippen LogP contribution in [0.25, 0.3) is 6.08 Å². The zero-order chi connectivity index (χ0) is 18.4. The molecule has 4 nitrogen and oxygen atoms in total. The first-order chi connectivity index (χ1) is 11.8. The molecule has 7 heteroatoms. The van der Waals surface area contributed by atoms with E-state index in [9.17, 15) is 18.4 Å². The van der Waals surface area contributed by atoms with E-state index < -0.39 is 29.6 Å². The number of carbonyl (C=O) groups excluding carboxylic acids is 2. The van der Waals surface area contributed by atoms with Gasteiger partial charge in [-0.2, -0.15) is 0 Å². The molecule has 0 aromatic heterocycles. The highest BCUT2D eigenvalue weighted by atomic mass is 79.9. The summed E-state index contributed by atoms with van der Waals surface area (Å²) in [6.45, 7) is 1.38. The Balaban J connectivity index is 1.94. The second-order valence-corrected chi connectivity index (χ2v) is 5.99. The van der Waals surface area contributed by atoms with E-state index in [0.717, 1.165) is 12.1 Å². The summed E-state index contributed by atoms with van der Waals surface area (Å²) >= 11 is 3.20. The summed E-state index contributed by atoms with van der Waals surface area (Å²) in [6, 6.07) is 9.61. The van der Waals surface area contributed by atoms with Gasteiger partial charge in [-0.3, -0.25) is 4.79 Å². The average Bonchev–Trinajstić information content (AvgIpc) is 2.55. The molecule has 1 N–H and O–H groups in total. The van der Waals surface area contributed by atoms with Crippen molar-refractivity contribution in [2.75, 3.05) is 5.32 Å². The van der Waals surface area contributed by atoms with Crippen LogP contribution in [0.5, 0.6) is 0 Å². The summed E-state index contributed by atoms with van der Waals surface area (Å²) in [5.41, 5.74) is 0.447. The average molecular weight is 410 g/mol. The van der Waals surface area contributed by atoms with Gasteiger partial charge in [0.05, 0.1) is 0 Å². The Morgan fingerprint density at radius 1 is 1.20 bits per heavy atom. The van der Waals surface area contributed by atoms with Gasteiger partial charge in [0.2, 0.25) is 0 Å². The number of halogens is 3. The van der Waals surface area contributed by atoms with Gasteiger partial charge in [-0.05, 0) is 49.4 Å². The molecule has 0 aliphatic heterocycles. The second-order valence-electron chi connectivity index (χ2n) is 5.08. The van der Waals surface area contributed by atoms with Crippen molar-refractivity contribution in [3.63, 3.8) is 0 Å². The van der Waals surface area contributed by atoms with E-state index in [1.54, 1.807) is 0 Å². The van der Waals surface area contributed by atoms with Crippen molar-refractivity contribution < 1.29 is 23.1 Å². The number of ether oxygens (including phenoxy) is 1. The predicted octanol–water partition coefficient (Wildman–Crippen LogP) is 4.31. The van der Waals surface area contributed by atoms with Gasteiger partial charge in [0.15, 0.2) is 6.10 Å². The molecule has 0 radical (unpaired) electrons. The SMILES string of the molecule is C[C@H](OC(=O)/C=C/c1cc(Br)ccc1F)C(=O)Nc1cccc(F)c1. The molecule has 0 unspecified atom stereocenters. The number of benzene rings is 2. The van der Waals surface area contributed by atoms with Crippen LogP contribution in [-0.4, -0.2) is 18.0 Å². The first-order valence-corrected chi connectivity index (χ1v) is 8.04. The molecule has 0 fully saturated rings. The molecule has 0 bridgehead atoms. The van der Waals surface area contributed by atoms with Crippen molar-refractivity contribution in [2.45, 2.75) is 13.0 Å². The lowest BCUT2D eigenvalue weighted by molar-refractivity contribution is -0.148. The Morgan fingerprint density at radius 3 is 2.68 bits per heavy atom. The number of hydrogen-bond donors (Lipinski definition) is 1. The van der Waals surface area contributed by atoms with Crippen LogP contribution in [-0.2, 0) is 14.3 Å². The van der Waals surface area contributed by atoms with Gasteiger partial charge in [0, 0.05) is 21.8 Å². The van der Waals surface area contributed by atoms with E-state index in [1.807, 2.05) is 0 Å². The van der Waals surface area contributed by atoms with Gasteiger partial charge in [-0.1, -0.05) is 22.0 Å². The molecule has 25 heavy (non-hydrogen) atoms. The molecule has 1 amide bonds. The Labute approximate surface area is 151 Å². The van der Waals surface area contributed by atoms with Crippen LogP contribution in [0.4, 0.5) is 14.5 Å². The molecular formula is C18H14BrF2NO3. The quantitative estimate of drug-likeness (QED) is 0.591. The molecule has 130 valence electrons. The van der Waals surface area contributed by atoms with E-state index in [0.29, 0.717) is 4.47 Å². The minimum atomic E-state index is -1.10. The number of anilines is 1. The topological polar surface area (TPSA) is 55.4 Å². The van der Waals surface area contributed by atoms with Crippen molar-refractivity contribution in [2.24, 2.45) is 0 Å². The largest absolute Gasteiger partial charge is 0.449 e. The lowest BCUT2D eigenvalue weighted by Crippen LogP contribution is -2.29. The molecule has 1 atom stereocenters. The third kappa shape index (κ3) is 5.79. The van der Waals surface area contributed by atoms with Gasteiger partial charge in [0.1, 0.15) is 11.6 Å². The molecule has 0 saturated heterocycles. The zero-order valence-corrected chi connectivity index (χ0v) is 14.7. The monoisotopic (exact) mass is 409 g/mol. The second kappa shape index (κ2) is 8.53. The van der Waals surface area contributed by atoms with Crippen molar-refractivity contribution in [1.29, 1.82) is 0 Å². The summed E-state index contributed by atoms with van der Waals surface area (Å²) in [4.78, 5) is 23.7. The van der Waals surface area contributed by atoms with Crippen LogP contribution in [0.15, 0.2) is 53.0 Å². The highest BCUT2D eigenvalue weighted by Gasteiger charge is 2.17. The third-order valence-electron chi connectivity index (χ3n) is 3.11. The molecule has 2 aromatic rings. The number of esters is 1. The number of hydrogen-bond acceptors (Lipinski definition) is 3. The highest BCUT2D eigenvalue weighted by Crippen LogP contribution is 2.17. The van der Waals surface area contributed by atoms with Crippen LogP contribution >= 0.6 is 15.9 Å². The van der Waals surface area contributed by atoms with E-state index in [-0.39, 0.29) is 11.3 Å². The number of nitrogens with one attached hydrogen (secondary N) is 1. The molecule has 2 aromatic carbocycles. The summed E-state index contributed by atoms with van der Waals surface area (Å²) in [7, 11) is 0. The summed E-state index contributed by atoms with van der Waals surface area (Å²) in [5, 5.41) is 2.43. The number of carbonyl (C=O) groups is 2. The Morgan fingerprint density at radius 2 is 1.96 bits per heavy atom. The molecule has 0 heterocycles. The number of amides is 1. The van der Waals surface area contributed by atoms with E-state index in [1.165, 1.54) is 49.4 Å². The van der Waals surface area contributed by atoms with Gasteiger partial charge in [-0.25, -0.2) is 13.6 Å². The lowest BCUT2D eigenvalue weighted by Gasteiger charge is -2.12. The summed E-state index contributed by atoms with van der Waals surface area (Å²) in [5.74, 6) is -2.41.